The summed E-state index contributed by atoms with van der Waals surface area (Å²) in [5.41, 5.74) is 4.33. The molecule has 1 amide bonds. The monoisotopic (exact) mass is 606 g/mol. The van der Waals surface area contributed by atoms with Crippen molar-refractivity contribution in [2.24, 2.45) is 0 Å². The van der Waals surface area contributed by atoms with E-state index in [9.17, 15) is 23.5 Å². The maximum Gasteiger partial charge on any atom is 0.326 e. The standard InChI is InChI=1S/C33H36F2N4O3S/c1-22-6-3-4-7-27(22)29-18-23(9-10-28(29)32(40)38-30(33(41)42)11-15-43-2)20-39(14-5-8-31-36-12-13-37-31)21-24-16-25(34)19-26(35)17-24/h3-4,6-7,9-10,12-13,16-19,30H,5,8,11,14-15,20-21H2,1-2H3,(H,36,37)(H,38,40)(H,41,42)/t30-/m0/s1. The predicted octanol–water partition coefficient (Wildman–Crippen LogP) is 6.23. The van der Waals surface area contributed by atoms with Gasteiger partial charge in [0.1, 0.15) is 23.5 Å². The number of carboxylic acids is 1. The Balaban J connectivity index is 1.63. The zero-order chi connectivity index (χ0) is 30.8. The number of aliphatic carboxylic acids is 1. The highest BCUT2D eigenvalue weighted by atomic mass is 32.2. The third-order valence-corrected chi connectivity index (χ3v) is 7.80. The largest absolute Gasteiger partial charge is 0.480 e. The number of amides is 1. The molecule has 226 valence electrons. The first-order valence-corrected chi connectivity index (χ1v) is 15.5. The summed E-state index contributed by atoms with van der Waals surface area (Å²) in [5.74, 6) is -1.31. The molecule has 0 aliphatic carbocycles. The van der Waals surface area contributed by atoms with E-state index in [0.29, 0.717) is 48.5 Å². The van der Waals surface area contributed by atoms with E-state index in [1.54, 1.807) is 18.5 Å². The lowest BCUT2D eigenvalue weighted by molar-refractivity contribution is -0.139. The molecule has 3 aromatic carbocycles. The van der Waals surface area contributed by atoms with Crippen molar-refractivity contribution in [1.29, 1.82) is 0 Å². The van der Waals surface area contributed by atoms with E-state index >= 15 is 0 Å². The zero-order valence-corrected chi connectivity index (χ0v) is 25.1. The molecule has 0 saturated heterocycles. The van der Waals surface area contributed by atoms with Gasteiger partial charge >= 0.3 is 5.97 Å². The average molecular weight is 607 g/mol. The SMILES string of the molecule is CSCC[C@H](NC(=O)c1ccc(CN(CCCc2ncc[nH]2)Cc2cc(F)cc(F)c2)cc1-c1ccccc1C)C(=O)O. The maximum absolute atomic E-state index is 14.0. The summed E-state index contributed by atoms with van der Waals surface area (Å²) < 4.78 is 28.0. The zero-order valence-electron chi connectivity index (χ0n) is 24.3. The molecule has 1 aromatic heterocycles. The topological polar surface area (TPSA) is 98.3 Å². The predicted molar refractivity (Wildman–Crippen MR) is 166 cm³/mol. The summed E-state index contributed by atoms with van der Waals surface area (Å²) in [5, 5.41) is 12.4. The minimum atomic E-state index is -1.07. The number of nitrogens with one attached hydrogen (secondary N) is 2. The molecule has 1 atom stereocenters. The molecule has 0 aliphatic heterocycles. The van der Waals surface area contributed by atoms with Crippen molar-refractivity contribution in [1.82, 2.24) is 20.2 Å². The number of aryl methyl sites for hydroxylation is 2. The molecule has 43 heavy (non-hydrogen) atoms. The van der Waals surface area contributed by atoms with E-state index in [0.717, 1.165) is 41.4 Å². The first kappa shape index (κ1) is 31.9. The first-order chi connectivity index (χ1) is 20.7. The number of imidazole rings is 1. The van der Waals surface area contributed by atoms with Gasteiger partial charge in [-0.2, -0.15) is 11.8 Å². The number of benzene rings is 3. The number of hydrogen-bond acceptors (Lipinski definition) is 5. The van der Waals surface area contributed by atoms with Crippen molar-refractivity contribution in [3.63, 3.8) is 0 Å². The molecule has 4 aromatic rings. The molecule has 0 saturated carbocycles. The second-order valence-corrected chi connectivity index (χ2v) is 11.5. The van der Waals surface area contributed by atoms with E-state index in [1.165, 1.54) is 23.9 Å². The normalized spacial score (nSPS) is 11.9. The van der Waals surface area contributed by atoms with Crippen LogP contribution in [0.2, 0.25) is 0 Å². The highest BCUT2D eigenvalue weighted by Gasteiger charge is 2.23. The molecular weight excluding hydrogens is 570 g/mol. The Labute approximate surface area is 254 Å². The smallest absolute Gasteiger partial charge is 0.326 e. The van der Waals surface area contributed by atoms with E-state index in [4.69, 9.17) is 0 Å². The van der Waals surface area contributed by atoms with Gasteiger partial charge in [0.25, 0.3) is 5.91 Å². The highest BCUT2D eigenvalue weighted by molar-refractivity contribution is 7.98. The van der Waals surface area contributed by atoms with Gasteiger partial charge in [0.15, 0.2) is 0 Å². The number of carboxylic acid groups (broad SMARTS) is 1. The van der Waals surface area contributed by atoms with E-state index < -0.39 is 29.6 Å². The van der Waals surface area contributed by atoms with Crippen molar-refractivity contribution < 1.29 is 23.5 Å². The Morgan fingerprint density at radius 3 is 2.44 bits per heavy atom. The number of aromatic nitrogens is 2. The van der Waals surface area contributed by atoms with Gasteiger partial charge in [0.05, 0.1) is 0 Å². The molecular formula is C33H36F2N4O3S. The Morgan fingerprint density at radius 1 is 1.02 bits per heavy atom. The Bertz CT molecular complexity index is 1510. The van der Waals surface area contributed by atoms with Crippen molar-refractivity contribution >= 4 is 23.6 Å². The molecule has 0 spiro atoms. The van der Waals surface area contributed by atoms with Crippen LogP contribution >= 0.6 is 11.8 Å². The van der Waals surface area contributed by atoms with Crippen LogP contribution < -0.4 is 5.32 Å². The van der Waals surface area contributed by atoms with Crippen LogP contribution in [-0.4, -0.2) is 56.4 Å². The number of carbonyl (C=O) groups is 2. The fraction of sp³-hybridized carbons (Fsp3) is 0.303. The molecule has 0 fully saturated rings. The average Bonchev–Trinajstić information content (AvgIpc) is 3.48. The van der Waals surface area contributed by atoms with Gasteiger partial charge in [0, 0.05) is 43.5 Å². The van der Waals surface area contributed by atoms with E-state index in [2.05, 4.69) is 20.2 Å². The summed E-state index contributed by atoms with van der Waals surface area (Å²) in [6.45, 7) is 3.38. The second-order valence-electron chi connectivity index (χ2n) is 10.5. The third kappa shape index (κ3) is 9.23. The minimum absolute atomic E-state index is 0.313. The van der Waals surface area contributed by atoms with Gasteiger partial charge in [-0.3, -0.25) is 9.69 Å². The van der Waals surface area contributed by atoms with Crippen molar-refractivity contribution in [2.45, 2.75) is 45.3 Å². The molecule has 0 unspecified atom stereocenters. The van der Waals surface area contributed by atoms with Gasteiger partial charge < -0.3 is 15.4 Å². The Hall–Kier alpha value is -4.02. The van der Waals surface area contributed by atoms with Gasteiger partial charge in [-0.1, -0.05) is 30.3 Å². The molecule has 7 nitrogen and oxygen atoms in total. The van der Waals surface area contributed by atoms with E-state index in [1.807, 2.05) is 49.6 Å². The molecule has 3 N–H and O–H groups in total. The number of nitrogens with zero attached hydrogens (tertiary/aromatic N) is 2. The number of carbonyl (C=O) groups excluding carboxylic acids is 1. The maximum atomic E-state index is 14.0. The minimum Gasteiger partial charge on any atom is -0.480 e. The highest BCUT2D eigenvalue weighted by Crippen LogP contribution is 2.29. The fourth-order valence-corrected chi connectivity index (χ4v) is 5.52. The number of thioether (sulfide) groups is 1. The second kappa shape index (κ2) is 15.5. The quantitative estimate of drug-likeness (QED) is 0.148. The summed E-state index contributed by atoms with van der Waals surface area (Å²) in [4.78, 5) is 34.8. The van der Waals surface area contributed by atoms with Crippen LogP contribution in [0.15, 0.2) is 73.1 Å². The van der Waals surface area contributed by atoms with Gasteiger partial charge in [-0.25, -0.2) is 18.6 Å². The Kier molecular flexibility index (Phi) is 11.5. The third-order valence-electron chi connectivity index (χ3n) is 7.16. The van der Waals surface area contributed by atoms with Crippen molar-refractivity contribution in [2.75, 3.05) is 18.6 Å². The Morgan fingerprint density at radius 2 is 1.77 bits per heavy atom. The van der Waals surface area contributed by atoms with Gasteiger partial charge in [0.2, 0.25) is 0 Å². The fourth-order valence-electron chi connectivity index (χ4n) is 5.05. The number of hydrogen-bond donors (Lipinski definition) is 3. The van der Waals surface area contributed by atoms with Crippen LogP contribution in [0.5, 0.6) is 0 Å². The summed E-state index contributed by atoms with van der Waals surface area (Å²) in [6.07, 6.45) is 7.16. The van der Waals surface area contributed by atoms with Crippen molar-refractivity contribution in [3.8, 4) is 11.1 Å². The van der Waals surface area contributed by atoms with Gasteiger partial charge in [-0.05, 0) is 90.4 Å². The molecule has 0 radical (unpaired) electrons. The summed E-state index contributed by atoms with van der Waals surface area (Å²) in [7, 11) is 0. The first-order valence-electron chi connectivity index (χ1n) is 14.1. The molecule has 4 rings (SSSR count). The number of halogens is 2. The molecule has 10 heteroatoms. The lowest BCUT2D eigenvalue weighted by Crippen LogP contribution is -2.41. The van der Waals surface area contributed by atoms with Crippen LogP contribution in [-0.2, 0) is 24.3 Å². The van der Waals surface area contributed by atoms with Crippen LogP contribution in [0.3, 0.4) is 0 Å². The van der Waals surface area contributed by atoms with E-state index in [-0.39, 0.29) is 0 Å². The van der Waals surface area contributed by atoms with Crippen LogP contribution in [0, 0.1) is 18.6 Å². The summed E-state index contributed by atoms with van der Waals surface area (Å²) >= 11 is 1.52. The lowest BCUT2D eigenvalue weighted by atomic mass is 9.93. The summed E-state index contributed by atoms with van der Waals surface area (Å²) in [6, 6.07) is 15.8. The lowest BCUT2D eigenvalue weighted by Gasteiger charge is -2.24. The van der Waals surface area contributed by atoms with Crippen LogP contribution in [0.25, 0.3) is 11.1 Å². The molecule has 0 bridgehead atoms. The number of H-pyrrole nitrogens is 1. The number of aromatic amines is 1. The van der Waals surface area contributed by atoms with Crippen molar-refractivity contribution in [3.05, 3.63) is 113 Å². The molecule has 0 aliphatic rings. The van der Waals surface area contributed by atoms with Crippen LogP contribution in [0.4, 0.5) is 8.78 Å². The van der Waals surface area contributed by atoms with Gasteiger partial charge in [-0.15, -0.1) is 0 Å². The molecule has 1 heterocycles. The van der Waals surface area contributed by atoms with Crippen LogP contribution in [0.1, 0.15) is 45.7 Å². The number of rotatable bonds is 15.